The van der Waals surface area contributed by atoms with Gasteiger partial charge in [0.15, 0.2) is 0 Å². The van der Waals surface area contributed by atoms with Crippen LogP contribution in [-0.2, 0) is 0 Å². The van der Waals surface area contributed by atoms with Crippen LogP contribution in [0.1, 0.15) is 11.3 Å². The third-order valence-corrected chi connectivity index (χ3v) is 6.32. The van der Waals surface area contributed by atoms with Gasteiger partial charge in [-0.1, -0.05) is 72.7 Å². The van der Waals surface area contributed by atoms with Crippen LogP contribution < -0.4 is 0 Å². The molecule has 0 saturated heterocycles. The Morgan fingerprint density at radius 3 is 2.12 bits per heavy atom. The van der Waals surface area contributed by atoms with E-state index in [4.69, 9.17) is 0 Å². The smallest absolute Gasteiger partial charge is 0.235 e. The van der Waals surface area contributed by atoms with Crippen LogP contribution in [0.5, 0.6) is 0 Å². The van der Waals surface area contributed by atoms with Crippen molar-refractivity contribution in [2.45, 2.75) is 0 Å². The SMILES string of the molecule is C(#Cc1cc2ccccc2n1-c1ncccn1)c1ccc2ccc3cccc4ccc1c2c34. The van der Waals surface area contributed by atoms with E-state index in [2.05, 4.69) is 94.6 Å². The molecule has 5 aromatic carbocycles. The first-order valence-corrected chi connectivity index (χ1v) is 10.9. The average Bonchev–Trinajstić information content (AvgIpc) is 3.25. The molecule has 0 aliphatic heterocycles. The van der Waals surface area contributed by atoms with Gasteiger partial charge in [-0.3, -0.25) is 4.57 Å². The molecular weight excluding hydrogens is 402 g/mol. The fourth-order valence-corrected chi connectivity index (χ4v) is 4.84. The molecule has 7 aromatic rings. The van der Waals surface area contributed by atoms with E-state index in [1.165, 1.54) is 32.3 Å². The van der Waals surface area contributed by atoms with Crippen LogP contribution in [-0.4, -0.2) is 14.5 Å². The fourth-order valence-electron chi connectivity index (χ4n) is 4.84. The molecule has 0 atom stereocenters. The lowest BCUT2D eigenvalue weighted by molar-refractivity contribution is 0.951. The van der Waals surface area contributed by atoms with E-state index in [1.54, 1.807) is 12.4 Å². The molecule has 0 saturated carbocycles. The molecule has 33 heavy (non-hydrogen) atoms. The maximum Gasteiger partial charge on any atom is 0.235 e. The van der Waals surface area contributed by atoms with Crippen molar-refractivity contribution in [3.63, 3.8) is 0 Å². The zero-order chi connectivity index (χ0) is 21.8. The lowest BCUT2D eigenvalue weighted by Gasteiger charge is -2.11. The topological polar surface area (TPSA) is 30.7 Å². The lowest BCUT2D eigenvalue weighted by Crippen LogP contribution is -2.02. The molecule has 0 aliphatic carbocycles. The highest BCUT2D eigenvalue weighted by atomic mass is 15.1. The number of nitrogens with zero attached hydrogens (tertiary/aromatic N) is 3. The van der Waals surface area contributed by atoms with Crippen molar-refractivity contribution >= 4 is 43.2 Å². The number of aromatic nitrogens is 3. The molecule has 0 bridgehead atoms. The Kier molecular flexibility index (Phi) is 3.76. The second-order valence-electron chi connectivity index (χ2n) is 8.19. The maximum atomic E-state index is 4.48. The van der Waals surface area contributed by atoms with Crippen LogP contribution >= 0.6 is 0 Å². The Labute approximate surface area is 190 Å². The van der Waals surface area contributed by atoms with Gasteiger partial charge >= 0.3 is 0 Å². The molecule has 7 rings (SSSR count). The summed E-state index contributed by atoms with van der Waals surface area (Å²) in [6.07, 6.45) is 3.52. The Hall–Kier alpha value is -4.68. The van der Waals surface area contributed by atoms with Crippen LogP contribution in [0.2, 0.25) is 0 Å². The number of hydrogen-bond donors (Lipinski definition) is 0. The molecular formula is C30H17N3. The van der Waals surface area contributed by atoms with E-state index in [0.717, 1.165) is 22.2 Å². The third-order valence-electron chi connectivity index (χ3n) is 6.32. The molecule has 152 valence electrons. The van der Waals surface area contributed by atoms with Gasteiger partial charge in [0.05, 0.1) is 5.52 Å². The fraction of sp³-hybridized carbons (Fsp3) is 0. The van der Waals surface area contributed by atoms with Crippen molar-refractivity contribution in [1.29, 1.82) is 0 Å². The molecule has 2 heterocycles. The van der Waals surface area contributed by atoms with E-state index < -0.39 is 0 Å². The standard InChI is InChI=1S/C30H17N3/c1-2-8-27-24(5-1)19-25(33(27)30-31-17-4-18-32-30)15-13-20-9-10-23-12-11-21-6-3-7-22-14-16-26(20)29(23)28(21)22/h1-12,14,16-19H. The Morgan fingerprint density at radius 1 is 0.576 bits per heavy atom. The van der Waals surface area contributed by atoms with Gasteiger partial charge in [-0.25, -0.2) is 9.97 Å². The summed E-state index contributed by atoms with van der Waals surface area (Å²) >= 11 is 0. The van der Waals surface area contributed by atoms with Crippen molar-refractivity contribution in [3.05, 3.63) is 115 Å². The van der Waals surface area contributed by atoms with Crippen molar-refractivity contribution in [3.8, 4) is 17.8 Å². The molecule has 0 radical (unpaired) electrons. The first-order chi connectivity index (χ1) is 16.4. The highest BCUT2D eigenvalue weighted by Gasteiger charge is 2.12. The molecule has 0 unspecified atom stereocenters. The van der Waals surface area contributed by atoms with Crippen LogP contribution in [0.3, 0.4) is 0 Å². The number of hydrogen-bond acceptors (Lipinski definition) is 2. The van der Waals surface area contributed by atoms with Gasteiger partial charge in [0.25, 0.3) is 0 Å². The largest absolute Gasteiger partial charge is 0.271 e. The summed E-state index contributed by atoms with van der Waals surface area (Å²) in [6, 6.07) is 31.7. The molecule has 0 fully saturated rings. The number of fused-ring (bicyclic) bond motifs is 1. The van der Waals surface area contributed by atoms with Gasteiger partial charge in [0, 0.05) is 23.3 Å². The lowest BCUT2D eigenvalue weighted by atomic mass is 9.92. The number of para-hydroxylation sites is 1. The number of benzene rings is 5. The van der Waals surface area contributed by atoms with Gasteiger partial charge in [-0.15, -0.1) is 0 Å². The van der Waals surface area contributed by atoms with Gasteiger partial charge in [-0.05, 0) is 62.5 Å². The molecule has 0 aliphatic rings. The molecule has 0 N–H and O–H groups in total. The summed E-state index contributed by atoms with van der Waals surface area (Å²) in [5.74, 6) is 7.51. The summed E-state index contributed by atoms with van der Waals surface area (Å²) in [6.45, 7) is 0. The minimum Gasteiger partial charge on any atom is -0.271 e. The third kappa shape index (κ3) is 2.71. The number of rotatable bonds is 1. The Balaban J connectivity index is 1.48. The first kappa shape index (κ1) is 17.9. The monoisotopic (exact) mass is 419 g/mol. The minimum absolute atomic E-state index is 0.624. The van der Waals surface area contributed by atoms with E-state index >= 15 is 0 Å². The highest BCUT2D eigenvalue weighted by molar-refractivity contribution is 6.23. The average molecular weight is 419 g/mol. The van der Waals surface area contributed by atoms with Crippen molar-refractivity contribution in [2.75, 3.05) is 0 Å². The van der Waals surface area contributed by atoms with Gasteiger partial charge in [0.1, 0.15) is 5.69 Å². The quantitative estimate of drug-likeness (QED) is 0.218. The van der Waals surface area contributed by atoms with E-state index in [1.807, 2.05) is 22.8 Å². The zero-order valence-electron chi connectivity index (χ0n) is 17.7. The normalized spacial score (nSPS) is 11.4. The van der Waals surface area contributed by atoms with Crippen molar-refractivity contribution in [1.82, 2.24) is 14.5 Å². The van der Waals surface area contributed by atoms with Crippen LogP contribution in [0.4, 0.5) is 0 Å². The van der Waals surface area contributed by atoms with E-state index in [0.29, 0.717) is 5.95 Å². The summed E-state index contributed by atoms with van der Waals surface area (Å²) in [5.41, 5.74) is 2.93. The van der Waals surface area contributed by atoms with Crippen molar-refractivity contribution < 1.29 is 0 Å². The van der Waals surface area contributed by atoms with Crippen LogP contribution in [0.25, 0.3) is 49.2 Å². The second kappa shape index (κ2) is 6.91. The zero-order valence-corrected chi connectivity index (χ0v) is 17.7. The second-order valence-corrected chi connectivity index (χ2v) is 8.19. The Morgan fingerprint density at radius 2 is 1.27 bits per heavy atom. The predicted octanol–water partition coefficient (Wildman–Crippen LogP) is 6.72. The molecule has 0 amide bonds. The van der Waals surface area contributed by atoms with Crippen LogP contribution in [0, 0.1) is 11.8 Å². The molecule has 3 nitrogen and oxygen atoms in total. The van der Waals surface area contributed by atoms with E-state index in [9.17, 15) is 0 Å². The van der Waals surface area contributed by atoms with Gasteiger partial charge in [-0.2, -0.15) is 0 Å². The van der Waals surface area contributed by atoms with Crippen molar-refractivity contribution in [2.24, 2.45) is 0 Å². The Bertz CT molecular complexity index is 1850. The van der Waals surface area contributed by atoms with Gasteiger partial charge < -0.3 is 0 Å². The summed E-state index contributed by atoms with van der Waals surface area (Å²) in [7, 11) is 0. The minimum atomic E-state index is 0.624. The predicted molar refractivity (Wildman–Crippen MR) is 135 cm³/mol. The highest BCUT2D eigenvalue weighted by Crippen LogP contribution is 2.35. The van der Waals surface area contributed by atoms with Gasteiger partial charge in [0.2, 0.25) is 5.95 Å². The summed E-state index contributed by atoms with van der Waals surface area (Å²) < 4.78 is 2.03. The van der Waals surface area contributed by atoms with Crippen LogP contribution in [0.15, 0.2) is 103 Å². The molecule has 2 aromatic heterocycles. The maximum absolute atomic E-state index is 4.48. The summed E-state index contributed by atoms with van der Waals surface area (Å²) in [4.78, 5) is 8.95. The summed E-state index contributed by atoms with van der Waals surface area (Å²) in [5, 5.41) is 8.65. The molecule has 3 heteroatoms. The first-order valence-electron chi connectivity index (χ1n) is 10.9. The molecule has 0 spiro atoms. The van der Waals surface area contributed by atoms with E-state index in [-0.39, 0.29) is 0 Å².